The van der Waals surface area contributed by atoms with Crippen LogP contribution < -0.4 is 0 Å². The van der Waals surface area contributed by atoms with Crippen LogP contribution in [0, 0.1) is 0 Å². The lowest BCUT2D eigenvalue weighted by Crippen LogP contribution is -1.88. The van der Waals surface area contributed by atoms with Crippen molar-refractivity contribution in [1.82, 2.24) is 19.6 Å². The summed E-state index contributed by atoms with van der Waals surface area (Å²) in [4.78, 5) is 9.89. The van der Waals surface area contributed by atoms with Gasteiger partial charge in [0.25, 0.3) is 0 Å². The van der Waals surface area contributed by atoms with Crippen LogP contribution in [0.25, 0.3) is 27.3 Å². The third-order valence-corrected chi connectivity index (χ3v) is 4.07. The zero-order chi connectivity index (χ0) is 12.8. The van der Waals surface area contributed by atoms with E-state index >= 15 is 0 Å². The molecule has 0 radical (unpaired) electrons. The van der Waals surface area contributed by atoms with Gasteiger partial charge < -0.3 is 0 Å². The lowest BCUT2D eigenvalue weighted by Gasteiger charge is -1.96. The van der Waals surface area contributed by atoms with Gasteiger partial charge in [-0.15, -0.1) is 16.4 Å². The van der Waals surface area contributed by atoms with E-state index in [1.54, 1.807) is 22.2 Å². The summed E-state index contributed by atoms with van der Waals surface area (Å²) in [5, 5.41) is 8.10. The molecule has 19 heavy (non-hydrogen) atoms. The van der Waals surface area contributed by atoms with E-state index in [1.807, 2.05) is 35.7 Å². The zero-order valence-corrected chi connectivity index (χ0v) is 11.2. The van der Waals surface area contributed by atoms with Crippen LogP contribution in [0.5, 0.6) is 0 Å². The Morgan fingerprint density at radius 2 is 2.05 bits per heavy atom. The summed E-state index contributed by atoms with van der Waals surface area (Å²) in [6, 6.07) is 9.56. The van der Waals surface area contributed by atoms with Crippen LogP contribution in [0.3, 0.4) is 0 Å². The van der Waals surface area contributed by atoms with Gasteiger partial charge in [0.15, 0.2) is 11.5 Å². The normalized spacial score (nSPS) is 11.4. The molecule has 0 N–H and O–H groups in total. The van der Waals surface area contributed by atoms with E-state index in [0.29, 0.717) is 10.8 Å². The van der Waals surface area contributed by atoms with E-state index in [9.17, 15) is 0 Å². The molecule has 0 aliphatic carbocycles. The molecule has 92 valence electrons. The van der Waals surface area contributed by atoms with E-state index in [1.165, 1.54) is 0 Å². The number of hydrogen-bond acceptors (Lipinski definition) is 4. The molecule has 0 unspecified atom stereocenters. The van der Waals surface area contributed by atoms with Gasteiger partial charge in [-0.05, 0) is 23.6 Å². The number of rotatable bonds is 1. The maximum atomic E-state index is 6.18. The average molecular weight is 287 g/mol. The van der Waals surface area contributed by atoms with Crippen LogP contribution in [-0.2, 0) is 0 Å². The van der Waals surface area contributed by atoms with Gasteiger partial charge in [0, 0.05) is 5.56 Å². The highest BCUT2D eigenvalue weighted by atomic mass is 35.5. The largest absolute Gasteiger partial charge is 0.225 e. The van der Waals surface area contributed by atoms with E-state index in [-0.39, 0.29) is 0 Å². The van der Waals surface area contributed by atoms with E-state index < -0.39 is 0 Å². The van der Waals surface area contributed by atoms with Gasteiger partial charge in [0.1, 0.15) is 11.2 Å². The molecule has 3 heterocycles. The van der Waals surface area contributed by atoms with Gasteiger partial charge in [-0.2, -0.15) is 0 Å². The van der Waals surface area contributed by atoms with Crippen LogP contribution >= 0.6 is 22.9 Å². The highest BCUT2D eigenvalue weighted by Crippen LogP contribution is 2.27. The smallest absolute Gasteiger partial charge is 0.183 e. The summed E-state index contributed by atoms with van der Waals surface area (Å²) in [5.74, 6) is 0.617. The minimum atomic E-state index is 0.617. The molecule has 0 atom stereocenters. The standard InChI is InChI=1S/C13H7ClN4S/c14-10-4-2-1-3-8(10)11-16-12-9-5-6-19-13(9)15-7-18(12)17-11/h1-7H. The number of fused-ring (bicyclic) bond motifs is 3. The molecule has 1 aromatic carbocycles. The summed E-state index contributed by atoms with van der Waals surface area (Å²) in [7, 11) is 0. The number of nitrogens with zero attached hydrogens (tertiary/aromatic N) is 4. The molecule has 4 nitrogen and oxygen atoms in total. The number of thiophene rings is 1. The van der Waals surface area contributed by atoms with Crippen molar-refractivity contribution in [3.05, 3.63) is 47.1 Å². The molecule has 0 aliphatic rings. The molecule has 0 saturated carbocycles. The van der Waals surface area contributed by atoms with Gasteiger partial charge >= 0.3 is 0 Å². The molecular weight excluding hydrogens is 280 g/mol. The van der Waals surface area contributed by atoms with E-state index in [0.717, 1.165) is 21.4 Å². The van der Waals surface area contributed by atoms with Crippen molar-refractivity contribution >= 4 is 38.8 Å². The molecule has 0 saturated heterocycles. The first-order chi connectivity index (χ1) is 9.33. The highest BCUT2D eigenvalue weighted by Gasteiger charge is 2.12. The van der Waals surface area contributed by atoms with Gasteiger partial charge in [-0.25, -0.2) is 14.5 Å². The number of benzene rings is 1. The van der Waals surface area contributed by atoms with Crippen molar-refractivity contribution in [2.24, 2.45) is 0 Å². The third kappa shape index (κ3) is 1.63. The van der Waals surface area contributed by atoms with Crippen LogP contribution in [0.15, 0.2) is 42.0 Å². The predicted octanol–water partition coefficient (Wildman–Crippen LogP) is 3.66. The van der Waals surface area contributed by atoms with Crippen LogP contribution in [0.4, 0.5) is 0 Å². The molecule has 4 aromatic rings. The molecule has 3 aromatic heterocycles. The topological polar surface area (TPSA) is 43.1 Å². The first-order valence-electron chi connectivity index (χ1n) is 5.66. The fraction of sp³-hybridized carbons (Fsp3) is 0. The van der Waals surface area contributed by atoms with E-state index in [4.69, 9.17) is 11.6 Å². The van der Waals surface area contributed by atoms with Crippen LogP contribution in [0.2, 0.25) is 5.02 Å². The maximum Gasteiger partial charge on any atom is 0.183 e. The monoisotopic (exact) mass is 286 g/mol. The second-order valence-electron chi connectivity index (χ2n) is 4.07. The summed E-state index contributed by atoms with van der Waals surface area (Å²) >= 11 is 7.77. The first kappa shape index (κ1) is 10.9. The van der Waals surface area contributed by atoms with Crippen molar-refractivity contribution in [3.8, 4) is 11.4 Å². The summed E-state index contributed by atoms with van der Waals surface area (Å²) < 4.78 is 1.69. The predicted molar refractivity (Wildman–Crippen MR) is 76.6 cm³/mol. The molecule has 0 bridgehead atoms. The van der Waals surface area contributed by atoms with E-state index in [2.05, 4.69) is 15.1 Å². The fourth-order valence-electron chi connectivity index (χ4n) is 2.02. The summed E-state index contributed by atoms with van der Waals surface area (Å²) in [5.41, 5.74) is 1.64. The lowest BCUT2D eigenvalue weighted by molar-refractivity contribution is 0.940. The maximum absolute atomic E-state index is 6.18. The Morgan fingerprint density at radius 3 is 2.95 bits per heavy atom. The Balaban J connectivity index is 2.04. The molecule has 6 heteroatoms. The van der Waals surface area contributed by atoms with Gasteiger partial charge in [0.05, 0.1) is 10.4 Å². The zero-order valence-electron chi connectivity index (χ0n) is 9.62. The number of hydrogen-bond donors (Lipinski definition) is 0. The quantitative estimate of drug-likeness (QED) is 0.536. The third-order valence-electron chi connectivity index (χ3n) is 2.92. The second-order valence-corrected chi connectivity index (χ2v) is 5.37. The Labute approximate surface area is 117 Å². The molecule has 4 rings (SSSR count). The van der Waals surface area contributed by atoms with Crippen LogP contribution in [0.1, 0.15) is 0 Å². The Bertz CT molecular complexity index is 896. The Hall–Kier alpha value is -1.98. The molecule has 0 aliphatic heterocycles. The highest BCUT2D eigenvalue weighted by molar-refractivity contribution is 7.16. The Kier molecular flexibility index (Phi) is 2.30. The van der Waals surface area contributed by atoms with Crippen molar-refractivity contribution < 1.29 is 0 Å². The lowest BCUT2D eigenvalue weighted by atomic mass is 10.2. The number of aromatic nitrogens is 4. The SMILES string of the molecule is Clc1ccccc1-c1nc2c3ccsc3ncn2n1. The minimum Gasteiger partial charge on any atom is -0.225 e. The summed E-state index contributed by atoms with van der Waals surface area (Å²) in [6.07, 6.45) is 1.68. The second kappa shape index (κ2) is 4.01. The molecule has 0 amide bonds. The van der Waals surface area contributed by atoms with Crippen molar-refractivity contribution in [2.45, 2.75) is 0 Å². The van der Waals surface area contributed by atoms with Crippen LogP contribution in [-0.4, -0.2) is 19.6 Å². The molecule has 0 spiro atoms. The Morgan fingerprint density at radius 1 is 1.16 bits per heavy atom. The molecular formula is C13H7ClN4S. The van der Waals surface area contributed by atoms with Crippen molar-refractivity contribution in [3.63, 3.8) is 0 Å². The van der Waals surface area contributed by atoms with Gasteiger partial charge in [-0.3, -0.25) is 0 Å². The van der Waals surface area contributed by atoms with Gasteiger partial charge in [-0.1, -0.05) is 23.7 Å². The van der Waals surface area contributed by atoms with Crippen molar-refractivity contribution in [1.29, 1.82) is 0 Å². The fourth-order valence-corrected chi connectivity index (χ4v) is 2.97. The van der Waals surface area contributed by atoms with Gasteiger partial charge in [0.2, 0.25) is 0 Å². The summed E-state index contributed by atoms with van der Waals surface area (Å²) in [6.45, 7) is 0. The first-order valence-corrected chi connectivity index (χ1v) is 6.92. The minimum absolute atomic E-state index is 0.617. The average Bonchev–Trinajstić information content (AvgIpc) is 3.04. The number of halogens is 1. The van der Waals surface area contributed by atoms with Crippen molar-refractivity contribution in [2.75, 3.05) is 0 Å². The molecule has 0 fully saturated rings.